The molecule has 4 nitrogen and oxygen atoms in total. The number of hydrogen-bond acceptors (Lipinski definition) is 2. The van der Waals surface area contributed by atoms with E-state index in [1.54, 1.807) is 0 Å². The van der Waals surface area contributed by atoms with Crippen molar-refractivity contribution in [3.8, 4) is 0 Å². The van der Waals surface area contributed by atoms with Gasteiger partial charge in [0.25, 0.3) is 0 Å². The Balaban J connectivity index is 2.01. The maximum atomic E-state index is 11.6. The molecule has 0 saturated heterocycles. The van der Waals surface area contributed by atoms with Crippen molar-refractivity contribution in [2.45, 2.75) is 51.9 Å². The molecule has 0 unspecified atom stereocenters. The number of rotatable bonds is 10. The van der Waals surface area contributed by atoms with Crippen LogP contribution < -0.4 is 5.32 Å². The van der Waals surface area contributed by atoms with Crippen molar-refractivity contribution in [3.63, 3.8) is 0 Å². The van der Waals surface area contributed by atoms with Crippen molar-refractivity contribution in [3.05, 3.63) is 35.4 Å². The van der Waals surface area contributed by atoms with Crippen molar-refractivity contribution in [1.82, 2.24) is 5.32 Å². The third-order valence-electron chi connectivity index (χ3n) is 3.38. The van der Waals surface area contributed by atoms with Crippen molar-refractivity contribution in [1.29, 1.82) is 0 Å². The van der Waals surface area contributed by atoms with Gasteiger partial charge in [0.2, 0.25) is 5.91 Å². The standard InChI is InChI=1S/C17H25NO3/c1-14-9-11-15(12-10-14)6-5-7-16(19)18-13-4-2-3-8-17(20)21/h9-12H,2-8,13H2,1H3,(H,18,19)(H,20,21). The summed E-state index contributed by atoms with van der Waals surface area (Å²) in [5, 5.41) is 11.4. The number of amides is 1. The lowest BCUT2D eigenvalue weighted by Crippen LogP contribution is -2.24. The minimum atomic E-state index is -0.754. The largest absolute Gasteiger partial charge is 0.481 e. The Hall–Kier alpha value is -1.84. The lowest BCUT2D eigenvalue weighted by atomic mass is 10.1. The van der Waals surface area contributed by atoms with Crippen LogP contribution in [0.15, 0.2) is 24.3 Å². The Morgan fingerprint density at radius 3 is 2.38 bits per heavy atom. The van der Waals surface area contributed by atoms with Crippen LogP contribution in [0.25, 0.3) is 0 Å². The van der Waals surface area contributed by atoms with E-state index in [1.807, 2.05) is 0 Å². The Labute approximate surface area is 126 Å². The predicted octanol–water partition coefficient (Wildman–Crippen LogP) is 3.08. The second-order valence-electron chi connectivity index (χ2n) is 5.39. The molecule has 0 bridgehead atoms. The molecule has 21 heavy (non-hydrogen) atoms. The number of carboxylic acids is 1. The second kappa shape index (κ2) is 9.97. The summed E-state index contributed by atoms with van der Waals surface area (Å²) in [5.74, 6) is -0.671. The molecule has 4 heteroatoms. The number of carboxylic acid groups (broad SMARTS) is 1. The second-order valence-corrected chi connectivity index (χ2v) is 5.39. The van der Waals surface area contributed by atoms with Crippen molar-refractivity contribution in [2.75, 3.05) is 6.54 Å². The Morgan fingerprint density at radius 1 is 1.00 bits per heavy atom. The van der Waals surface area contributed by atoms with E-state index >= 15 is 0 Å². The fraction of sp³-hybridized carbons (Fsp3) is 0.529. The van der Waals surface area contributed by atoms with Gasteiger partial charge in [-0.2, -0.15) is 0 Å². The topological polar surface area (TPSA) is 66.4 Å². The van der Waals surface area contributed by atoms with E-state index in [0.29, 0.717) is 19.4 Å². The number of hydrogen-bond donors (Lipinski definition) is 2. The molecule has 0 saturated carbocycles. The zero-order chi connectivity index (χ0) is 15.5. The molecule has 0 aliphatic heterocycles. The van der Waals surface area contributed by atoms with E-state index in [-0.39, 0.29) is 12.3 Å². The van der Waals surface area contributed by atoms with Crippen LogP contribution in [-0.4, -0.2) is 23.5 Å². The molecule has 1 amide bonds. The summed E-state index contributed by atoms with van der Waals surface area (Å²) in [7, 11) is 0. The summed E-state index contributed by atoms with van der Waals surface area (Å²) in [6, 6.07) is 8.39. The number of aliphatic carboxylic acids is 1. The van der Waals surface area contributed by atoms with Gasteiger partial charge in [-0.3, -0.25) is 9.59 Å². The molecule has 116 valence electrons. The first-order valence-corrected chi connectivity index (χ1v) is 7.62. The number of nitrogens with one attached hydrogen (secondary N) is 1. The van der Waals surface area contributed by atoms with Gasteiger partial charge in [-0.1, -0.05) is 36.2 Å². The molecule has 1 rings (SSSR count). The first-order chi connectivity index (χ1) is 10.1. The normalized spacial score (nSPS) is 10.3. The highest BCUT2D eigenvalue weighted by molar-refractivity contribution is 5.75. The van der Waals surface area contributed by atoms with Gasteiger partial charge >= 0.3 is 5.97 Å². The van der Waals surface area contributed by atoms with E-state index in [0.717, 1.165) is 25.7 Å². The van der Waals surface area contributed by atoms with Gasteiger partial charge in [0.1, 0.15) is 0 Å². The van der Waals surface area contributed by atoms with Crippen LogP contribution in [-0.2, 0) is 16.0 Å². The lowest BCUT2D eigenvalue weighted by Gasteiger charge is -2.05. The first kappa shape index (κ1) is 17.2. The van der Waals surface area contributed by atoms with Crippen LogP contribution in [0, 0.1) is 6.92 Å². The van der Waals surface area contributed by atoms with Gasteiger partial charge in [-0.05, 0) is 38.2 Å². The Bertz CT molecular complexity index is 440. The van der Waals surface area contributed by atoms with E-state index in [2.05, 4.69) is 36.5 Å². The molecule has 0 fully saturated rings. The fourth-order valence-electron chi connectivity index (χ4n) is 2.10. The predicted molar refractivity (Wildman–Crippen MR) is 83.2 cm³/mol. The molecule has 1 aromatic carbocycles. The summed E-state index contributed by atoms with van der Waals surface area (Å²) >= 11 is 0. The maximum Gasteiger partial charge on any atom is 0.303 e. The summed E-state index contributed by atoms with van der Waals surface area (Å²) < 4.78 is 0. The highest BCUT2D eigenvalue weighted by atomic mass is 16.4. The van der Waals surface area contributed by atoms with Gasteiger partial charge in [0, 0.05) is 19.4 Å². The maximum absolute atomic E-state index is 11.6. The summed E-state index contributed by atoms with van der Waals surface area (Å²) in [4.78, 5) is 21.9. The highest BCUT2D eigenvalue weighted by Gasteiger charge is 2.02. The molecule has 0 aromatic heterocycles. The van der Waals surface area contributed by atoms with Gasteiger partial charge in [-0.15, -0.1) is 0 Å². The van der Waals surface area contributed by atoms with Gasteiger partial charge in [0.05, 0.1) is 0 Å². The minimum Gasteiger partial charge on any atom is -0.481 e. The van der Waals surface area contributed by atoms with Crippen LogP contribution in [0.5, 0.6) is 0 Å². The quantitative estimate of drug-likeness (QED) is 0.651. The minimum absolute atomic E-state index is 0.0837. The monoisotopic (exact) mass is 291 g/mol. The average molecular weight is 291 g/mol. The molecule has 0 radical (unpaired) electrons. The van der Waals surface area contributed by atoms with E-state index in [1.165, 1.54) is 11.1 Å². The highest BCUT2D eigenvalue weighted by Crippen LogP contribution is 2.07. The third kappa shape index (κ3) is 8.84. The van der Waals surface area contributed by atoms with E-state index in [9.17, 15) is 9.59 Å². The summed E-state index contributed by atoms with van der Waals surface area (Å²) in [6.45, 7) is 2.71. The van der Waals surface area contributed by atoms with Crippen LogP contribution in [0.1, 0.15) is 49.7 Å². The Kier molecular flexibility index (Phi) is 8.17. The van der Waals surface area contributed by atoms with Crippen molar-refractivity contribution < 1.29 is 14.7 Å². The molecule has 1 aromatic rings. The SMILES string of the molecule is Cc1ccc(CCCC(=O)NCCCCCC(=O)O)cc1. The van der Waals surface area contributed by atoms with Crippen LogP contribution in [0.2, 0.25) is 0 Å². The van der Waals surface area contributed by atoms with Gasteiger partial charge < -0.3 is 10.4 Å². The molecule has 0 aliphatic rings. The van der Waals surface area contributed by atoms with Crippen molar-refractivity contribution in [2.24, 2.45) is 0 Å². The smallest absolute Gasteiger partial charge is 0.303 e. The van der Waals surface area contributed by atoms with Crippen LogP contribution >= 0.6 is 0 Å². The zero-order valence-corrected chi connectivity index (χ0v) is 12.7. The molecule has 0 atom stereocenters. The number of carbonyl (C=O) groups excluding carboxylic acids is 1. The Morgan fingerprint density at radius 2 is 1.71 bits per heavy atom. The first-order valence-electron chi connectivity index (χ1n) is 7.62. The number of unbranched alkanes of at least 4 members (excludes halogenated alkanes) is 2. The van der Waals surface area contributed by atoms with Crippen molar-refractivity contribution >= 4 is 11.9 Å². The summed E-state index contributed by atoms with van der Waals surface area (Å²) in [5.41, 5.74) is 2.52. The zero-order valence-electron chi connectivity index (χ0n) is 12.7. The van der Waals surface area contributed by atoms with Crippen LogP contribution in [0.4, 0.5) is 0 Å². The molecule has 2 N–H and O–H groups in total. The van der Waals surface area contributed by atoms with E-state index < -0.39 is 5.97 Å². The summed E-state index contributed by atoms with van der Waals surface area (Å²) in [6.07, 6.45) is 4.90. The molecule has 0 spiro atoms. The molecule has 0 aliphatic carbocycles. The molecular formula is C17H25NO3. The number of aryl methyl sites for hydroxylation is 2. The third-order valence-corrected chi connectivity index (χ3v) is 3.38. The molecule has 0 heterocycles. The van der Waals surface area contributed by atoms with Crippen LogP contribution in [0.3, 0.4) is 0 Å². The van der Waals surface area contributed by atoms with Gasteiger partial charge in [0.15, 0.2) is 0 Å². The molecular weight excluding hydrogens is 266 g/mol. The van der Waals surface area contributed by atoms with Gasteiger partial charge in [-0.25, -0.2) is 0 Å². The number of benzene rings is 1. The number of carbonyl (C=O) groups is 2. The lowest BCUT2D eigenvalue weighted by molar-refractivity contribution is -0.137. The fourth-order valence-corrected chi connectivity index (χ4v) is 2.10. The van der Waals surface area contributed by atoms with E-state index in [4.69, 9.17) is 5.11 Å². The average Bonchev–Trinajstić information content (AvgIpc) is 2.44.